The number of nitrogens with one attached hydrogen (secondary N) is 1. The average Bonchev–Trinajstić information content (AvgIpc) is 2.37. The summed E-state index contributed by atoms with van der Waals surface area (Å²) < 4.78 is 0. The molecule has 100 valence electrons. The van der Waals surface area contributed by atoms with Crippen molar-refractivity contribution in [2.24, 2.45) is 0 Å². The van der Waals surface area contributed by atoms with Gasteiger partial charge < -0.3 is 10.4 Å². The first kappa shape index (κ1) is 13.6. The van der Waals surface area contributed by atoms with Crippen molar-refractivity contribution >= 4 is 0 Å². The Morgan fingerprint density at radius 2 is 1.78 bits per heavy atom. The fourth-order valence-electron chi connectivity index (χ4n) is 2.56. The van der Waals surface area contributed by atoms with E-state index in [1.807, 2.05) is 13.8 Å². The summed E-state index contributed by atoms with van der Waals surface area (Å²) in [6.45, 7) is 6.03. The van der Waals surface area contributed by atoms with Crippen molar-refractivity contribution in [3.05, 3.63) is 35.4 Å². The third-order valence-electron chi connectivity index (χ3n) is 3.82. The van der Waals surface area contributed by atoms with Crippen molar-refractivity contribution in [1.29, 1.82) is 0 Å². The van der Waals surface area contributed by atoms with Gasteiger partial charge in [0.05, 0.1) is 5.60 Å². The van der Waals surface area contributed by atoms with E-state index in [2.05, 4.69) is 29.6 Å². The fourth-order valence-corrected chi connectivity index (χ4v) is 2.56. The van der Waals surface area contributed by atoms with E-state index in [4.69, 9.17) is 0 Å². The molecule has 1 fully saturated rings. The molecule has 2 N–H and O–H groups in total. The van der Waals surface area contributed by atoms with Crippen molar-refractivity contribution in [3.8, 4) is 0 Å². The Bertz CT molecular complexity index is 358. The summed E-state index contributed by atoms with van der Waals surface area (Å²) in [5, 5.41) is 13.1. The Kier molecular flexibility index (Phi) is 4.41. The highest BCUT2D eigenvalue weighted by atomic mass is 16.3. The molecule has 0 amide bonds. The molecule has 1 aromatic rings. The maximum Gasteiger partial charge on any atom is 0.0594 e. The summed E-state index contributed by atoms with van der Waals surface area (Å²) >= 11 is 0. The van der Waals surface area contributed by atoms with E-state index in [0.29, 0.717) is 0 Å². The number of hydrogen-bond acceptors (Lipinski definition) is 2. The molecule has 1 aromatic carbocycles. The molecule has 0 aliphatic carbocycles. The number of aryl methyl sites for hydroxylation is 1. The van der Waals surface area contributed by atoms with Crippen LogP contribution in [0.5, 0.6) is 0 Å². The largest absolute Gasteiger partial charge is 0.390 e. The first-order chi connectivity index (χ1) is 8.54. The van der Waals surface area contributed by atoms with Gasteiger partial charge in [0.2, 0.25) is 0 Å². The Morgan fingerprint density at radius 3 is 2.33 bits per heavy atom. The summed E-state index contributed by atoms with van der Waals surface area (Å²) in [5.74, 6) is 0.731. The number of hydrogen-bond donors (Lipinski definition) is 2. The fraction of sp³-hybridized carbons (Fsp3) is 0.625. The Morgan fingerprint density at radius 1 is 1.17 bits per heavy atom. The van der Waals surface area contributed by atoms with Crippen molar-refractivity contribution in [1.82, 2.24) is 5.32 Å². The summed E-state index contributed by atoms with van der Waals surface area (Å²) in [6, 6.07) is 9.00. The topological polar surface area (TPSA) is 32.3 Å². The van der Waals surface area contributed by atoms with Gasteiger partial charge in [-0.15, -0.1) is 0 Å². The van der Waals surface area contributed by atoms with Crippen molar-refractivity contribution < 1.29 is 5.11 Å². The molecule has 2 heteroatoms. The van der Waals surface area contributed by atoms with Crippen LogP contribution in [0.3, 0.4) is 0 Å². The van der Waals surface area contributed by atoms with Crippen LogP contribution in [0.25, 0.3) is 0 Å². The van der Waals surface area contributed by atoms with E-state index in [9.17, 15) is 5.11 Å². The minimum absolute atomic E-state index is 0.562. The third kappa shape index (κ3) is 4.11. The maximum atomic E-state index is 9.73. The van der Waals surface area contributed by atoms with E-state index in [1.165, 1.54) is 24.0 Å². The zero-order valence-corrected chi connectivity index (χ0v) is 11.6. The van der Waals surface area contributed by atoms with E-state index < -0.39 is 5.60 Å². The smallest absolute Gasteiger partial charge is 0.0594 e. The van der Waals surface area contributed by atoms with Crippen LogP contribution in [0.4, 0.5) is 0 Å². The Labute approximate surface area is 110 Å². The molecule has 0 bridgehead atoms. The van der Waals surface area contributed by atoms with E-state index >= 15 is 0 Å². The number of aliphatic hydroxyl groups is 1. The van der Waals surface area contributed by atoms with E-state index in [-0.39, 0.29) is 0 Å². The van der Waals surface area contributed by atoms with Gasteiger partial charge >= 0.3 is 0 Å². The zero-order valence-electron chi connectivity index (χ0n) is 11.6. The maximum absolute atomic E-state index is 9.73. The van der Waals surface area contributed by atoms with E-state index in [1.54, 1.807) is 0 Å². The van der Waals surface area contributed by atoms with Gasteiger partial charge in [-0.2, -0.15) is 0 Å². The van der Waals surface area contributed by atoms with Crippen LogP contribution in [-0.4, -0.2) is 23.8 Å². The third-order valence-corrected chi connectivity index (χ3v) is 3.82. The zero-order chi connectivity index (χ0) is 13.0. The first-order valence-electron chi connectivity index (χ1n) is 7.06. The molecule has 2 nitrogen and oxygen atoms in total. The molecule has 0 unspecified atom stereocenters. The van der Waals surface area contributed by atoms with Gasteiger partial charge in [0.15, 0.2) is 0 Å². The van der Waals surface area contributed by atoms with Crippen LogP contribution in [0.1, 0.15) is 50.2 Å². The van der Waals surface area contributed by atoms with E-state index in [0.717, 1.165) is 31.8 Å². The standard InChI is InChI=1S/C16H25NO/c1-16(2,18)10-7-13-3-5-14(6-4-13)15-8-11-17-12-9-15/h3-6,15,17-18H,7-12H2,1-2H3. The van der Waals surface area contributed by atoms with Crippen LogP contribution >= 0.6 is 0 Å². The molecular weight excluding hydrogens is 222 g/mol. The quantitative estimate of drug-likeness (QED) is 0.857. The lowest BCUT2D eigenvalue weighted by atomic mass is 9.89. The molecule has 0 radical (unpaired) electrons. The lowest BCUT2D eigenvalue weighted by molar-refractivity contribution is 0.0714. The normalized spacial score (nSPS) is 17.9. The highest BCUT2D eigenvalue weighted by molar-refractivity contribution is 5.26. The number of benzene rings is 1. The molecule has 1 aliphatic heterocycles. The predicted octanol–water partition coefficient (Wildman–Crippen LogP) is 2.86. The second kappa shape index (κ2) is 5.85. The average molecular weight is 247 g/mol. The minimum Gasteiger partial charge on any atom is -0.390 e. The van der Waals surface area contributed by atoms with Crippen molar-refractivity contribution in [2.75, 3.05) is 13.1 Å². The van der Waals surface area contributed by atoms with Crippen molar-refractivity contribution in [3.63, 3.8) is 0 Å². The van der Waals surface area contributed by atoms with Gasteiger partial charge in [0, 0.05) is 0 Å². The Hall–Kier alpha value is -0.860. The van der Waals surface area contributed by atoms with Gasteiger partial charge in [-0.05, 0) is 69.7 Å². The van der Waals surface area contributed by atoms with Crippen LogP contribution < -0.4 is 5.32 Å². The second-order valence-corrected chi connectivity index (χ2v) is 6.08. The predicted molar refractivity (Wildman–Crippen MR) is 75.9 cm³/mol. The van der Waals surface area contributed by atoms with Gasteiger partial charge in [0.25, 0.3) is 0 Å². The van der Waals surface area contributed by atoms with Crippen LogP contribution in [0.15, 0.2) is 24.3 Å². The molecule has 1 heterocycles. The highest BCUT2D eigenvalue weighted by Gasteiger charge is 2.15. The molecule has 0 aromatic heterocycles. The molecule has 0 spiro atoms. The number of piperidine rings is 1. The number of rotatable bonds is 4. The van der Waals surface area contributed by atoms with Gasteiger partial charge in [-0.3, -0.25) is 0 Å². The molecule has 2 rings (SSSR count). The summed E-state index contributed by atoms with van der Waals surface area (Å²) in [5.41, 5.74) is 2.24. The summed E-state index contributed by atoms with van der Waals surface area (Å²) in [4.78, 5) is 0. The first-order valence-corrected chi connectivity index (χ1v) is 7.06. The summed E-state index contributed by atoms with van der Waals surface area (Å²) in [7, 11) is 0. The van der Waals surface area contributed by atoms with Crippen molar-refractivity contribution in [2.45, 2.75) is 51.0 Å². The molecule has 0 atom stereocenters. The SMILES string of the molecule is CC(C)(O)CCc1ccc(C2CCNCC2)cc1. The second-order valence-electron chi connectivity index (χ2n) is 6.08. The van der Waals surface area contributed by atoms with Crippen LogP contribution in [-0.2, 0) is 6.42 Å². The monoisotopic (exact) mass is 247 g/mol. The minimum atomic E-state index is -0.562. The molecule has 1 saturated heterocycles. The van der Waals surface area contributed by atoms with Gasteiger partial charge in [-0.25, -0.2) is 0 Å². The van der Waals surface area contributed by atoms with Gasteiger partial charge in [0.1, 0.15) is 0 Å². The lowest BCUT2D eigenvalue weighted by Crippen LogP contribution is -2.26. The van der Waals surface area contributed by atoms with Crippen LogP contribution in [0, 0.1) is 0 Å². The molecule has 1 aliphatic rings. The summed E-state index contributed by atoms with van der Waals surface area (Å²) in [6.07, 6.45) is 4.28. The van der Waals surface area contributed by atoms with Crippen LogP contribution in [0.2, 0.25) is 0 Å². The Balaban J connectivity index is 1.92. The van der Waals surface area contributed by atoms with Gasteiger partial charge in [-0.1, -0.05) is 24.3 Å². The molecule has 0 saturated carbocycles. The molecular formula is C16H25NO. The highest BCUT2D eigenvalue weighted by Crippen LogP contribution is 2.25. The lowest BCUT2D eigenvalue weighted by Gasteiger charge is -2.23. The molecule has 18 heavy (non-hydrogen) atoms.